The van der Waals surface area contributed by atoms with Crippen molar-refractivity contribution in [1.82, 2.24) is 19.5 Å². The van der Waals surface area contributed by atoms with Crippen molar-refractivity contribution in [3.63, 3.8) is 0 Å². The number of hydrogen-bond acceptors (Lipinski definition) is 9. The molecule has 4 rings (SSSR count). The SMILES string of the molecule is OC[C@H]1O[C@@H](n2cnc3c(NOC4CCCC4)ncnc32)[C@H](O)[C@@H]1O. The first-order valence-corrected chi connectivity index (χ1v) is 8.40. The van der Waals surface area contributed by atoms with E-state index in [2.05, 4.69) is 20.4 Å². The summed E-state index contributed by atoms with van der Waals surface area (Å²) in [6.45, 7) is -0.391. The minimum atomic E-state index is -1.20. The Balaban J connectivity index is 1.58. The van der Waals surface area contributed by atoms with Gasteiger partial charge in [-0.1, -0.05) is 12.8 Å². The first-order chi connectivity index (χ1) is 12.2. The molecule has 1 aliphatic carbocycles. The monoisotopic (exact) mass is 351 g/mol. The quantitative estimate of drug-likeness (QED) is 0.537. The lowest BCUT2D eigenvalue weighted by atomic mass is 10.1. The maximum Gasteiger partial charge on any atom is 0.181 e. The van der Waals surface area contributed by atoms with Crippen molar-refractivity contribution in [3.05, 3.63) is 12.7 Å². The van der Waals surface area contributed by atoms with Crippen molar-refractivity contribution in [3.8, 4) is 0 Å². The molecular formula is C15H21N5O5. The first kappa shape index (κ1) is 16.6. The third-order valence-electron chi connectivity index (χ3n) is 4.77. The van der Waals surface area contributed by atoms with Gasteiger partial charge in [0.25, 0.3) is 0 Å². The van der Waals surface area contributed by atoms with Crippen LogP contribution in [-0.2, 0) is 9.57 Å². The predicted octanol–water partition coefficient (Wildman–Crippen LogP) is -0.276. The van der Waals surface area contributed by atoms with Gasteiger partial charge in [0.05, 0.1) is 19.0 Å². The van der Waals surface area contributed by atoms with E-state index in [1.54, 1.807) is 0 Å². The highest BCUT2D eigenvalue weighted by Gasteiger charge is 2.44. The fraction of sp³-hybridized carbons (Fsp3) is 0.667. The largest absolute Gasteiger partial charge is 0.394 e. The zero-order valence-corrected chi connectivity index (χ0v) is 13.5. The molecule has 1 aliphatic heterocycles. The molecule has 0 amide bonds. The summed E-state index contributed by atoms with van der Waals surface area (Å²) in [7, 11) is 0. The second kappa shape index (κ2) is 6.81. The zero-order chi connectivity index (χ0) is 17.4. The van der Waals surface area contributed by atoms with Crippen LogP contribution in [-0.4, -0.2) is 65.9 Å². The smallest absolute Gasteiger partial charge is 0.181 e. The lowest BCUT2D eigenvalue weighted by Gasteiger charge is -2.16. The van der Waals surface area contributed by atoms with Gasteiger partial charge in [-0.15, -0.1) is 0 Å². The minimum Gasteiger partial charge on any atom is -0.394 e. The van der Waals surface area contributed by atoms with Crippen molar-refractivity contribution in [2.45, 2.75) is 56.3 Å². The molecule has 0 spiro atoms. The average Bonchev–Trinajstić information content (AvgIpc) is 3.34. The van der Waals surface area contributed by atoms with Gasteiger partial charge in [0.1, 0.15) is 24.6 Å². The van der Waals surface area contributed by atoms with Gasteiger partial charge in [0.2, 0.25) is 0 Å². The van der Waals surface area contributed by atoms with E-state index < -0.39 is 31.1 Å². The van der Waals surface area contributed by atoms with Gasteiger partial charge in [-0.2, -0.15) is 0 Å². The van der Waals surface area contributed by atoms with E-state index in [1.165, 1.54) is 17.2 Å². The van der Waals surface area contributed by atoms with E-state index >= 15 is 0 Å². The summed E-state index contributed by atoms with van der Waals surface area (Å²) in [6.07, 6.45) is 3.19. The molecule has 0 bridgehead atoms. The first-order valence-electron chi connectivity index (χ1n) is 8.40. The second-order valence-electron chi connectivity index (χ2n) is 6.40. The third-order valence-corrected chi connectivity index (χ3v) is 4.77. The normalized spacial score (nSPS) is 30.4. The molecule has 1 saturated heterocycles. The Kier molecular flexibility index (Phi) is 4.52. The van der Waals surface area contributed by atoms with Gasteiger partial charge in [0.15, 0.2) is 23.2 Å². The van der Waals surface area contributed by atoms with E-state index in [4.69, 9.17) is 9.57 Å². The Morgan fingerprint density at radius 3 is 2.72 bits per heavy atom. The van der Waals surface area contributed by atoms with Crippen LogP contribution >= 0.6 is 0 Å². The van der Waals surface area contributed by atoms with Crippen LogP contribution in [0.5, 0.6) is 0 Å². The summed E-state index contributed by atoms with van der Waals surface area (Å²) < 4.78 is 7.04. The Morgan fingerprint density at radius 1 is 1.20 bits per heavy atom. The molecule has 4 atom stereocenters. The molecule has 0 aromatic carbocycles. The van der Waals surface area contributed by atoms with Crippen LogP contribution in [0.3, 0.4) is 0 Å². The lowest BCUT2D eigenvalue weighted by molar-refractivity contribution is -0.0511. The summed E-state index contributed by atoms with van der Waals surface area (Å²) >= 11 is 0. The fourth-order valence-corrected chi connectivity index (χ4v) is 3.37. The van der Waals surface area contributed by atoms with Crippen LogP contribution in [0, 0.1) is 0 Å². The Morgan fingerprint density at radius 2 is 2.00 bits per heavy atom. The van der Waals surface area contributed by atoms with Gasteiger partial charge in [-0.25, -0.2) is 20.4 Å². The van der Waals surface area contributed by atoms with Crippen LogP contribution in [0.2, 0.25) is 0 Å². The van der Waals surface area contributed by atoms with Crippen LogP contribution < -0.4 is 5.48 Å². The maximum atomic E-state index is 10.2. The second-order valence-corrected chi connectivity index (χ2v) is 6.40. The van der Waals surface area contributed by atoms with Gasteiger partial charge >= 0.3 is 0 Å². The summed E-state index contributed by atoms with van der Waals surface area (Å²) in [5.74, 6) is 0.433. The number of anilines is 1. The molecule has 2 aliphatic rings. The number of hydrogen-bond donors (Lipinski definition) is 4. The van der Waals surface area contributed by atoms with Gasteiger partial charge in [-0.05, 0) is 12.8 Å². The molecule has 136 valence electrons. The molecule has 1 saturated carbocycles. The Labute approximate surface area is 143 Å². The molecule has 10 nitrogen and oxygen atoms in total. The van der Waals surface area contributed by atoms with Gasteiger partial charge in [-0.3, -0.25) is 9.40 Å². The number of nitrogens with one attached hydrogen (secondary N) is 1. The predicted molar refractivity (Wildman–Crippen MR) is 85.3 cm³/mol. The van der Waals surface area contributed by atoms with Gasteiger partial charge < -0.3 is 20.1 Å². The molecule has 2 aromatic heterocycles. The van der Waals surface area contributed by atoms with Crippen LogP contribution in [0.25, 0.3) is 11.2 Å². The molecular weight excluding hydrogens is 330 g/mol. The number of rotatable bonds is 5. The number of imidazole rings is 1. The van der Waals surface area contributed by atoms with E-state index in [0.29, 0.717) is 17.0 Å². The number of aromatic nitrogens is 4. The van der Waals surface area contributed by atoms with Crippen LogP contribution in [0.4, 0.5) is 5.82 Å². The van der Waals surface area contributed by atoms with Crippen molar-refractivity contribution < 1.29 is 24.9 Å². The van der Waals surface area contributed by atoms with Crippen LogP contribution in [0.1, 0.15) is 31.9 Å². The van der Waals surface area contributed by atoms with Crippen LogP contribution in [0.15, 0.2) is 12.7 Å². The fourth-order valence-electron chi connectivity index (χ4n) is 3.37. The molecule has 3 heterocycles. The lowest BCUT2D eigenvalue weighted by Crippen LogP contribution is -2.33. The van der Waals surface area contributed by atoms with E-state index in [9.17, 15) is 15.3 Å². The number of aliphatic hydroxyl groups is 3. The zero-order valence-electron chi connectivity index (χ0n) is 13.5. The molecule has 25 heavy (non-hydrogen) atoms. The van der Waals surface area contributed by atoms with E-state index in [1.807, 2.05) is 0 Å². The number of ether oxygens (including phenoxy) is 1. The third kappa shape index (κ3) is 2.96. The number of fused-ring (bicyclic) bond motifs is 1. The Bertz CT molecular complexity index is 734. The Hall–Kier alpha value is -1.85. The van der Waals surface area contributed by atoms with Crippen molar-refractivity contribution in [2.24, 2.45) is 0 Å². The van der Waals surface area contributed by atoms with Crippen molar-refractivity contribution in [1.29, 1.82) is 0 Å². The van der Waals surface area contributed by atoms with Crippen molar-refractivity contribution >= 4 is 17.0 Å². The van der Waals surface area contributed by atoms with Gasteiger partial charge in [0, 0.05) is 0 Å². The molecule has 4 N–H and O–H groups in total. The molecule has 2 fully saturated rings. The average molecular weight is 351 g/mol. The van der Waals surface area contributed by atoms with E-state index in [0.717, 1.165) is 25.7 Å². The number of nitrogens with zero attached hydrogens (tertiary/aromatic N) is 4. The number of aliphatic hydroxyl groups excluding tert-OH is 3. The topological polar surface area (TPSA) is 135 Å². The van der Waals surface area contributed by atoms with E-state index in [-0.39, 0.29) is 6.10 Å². The van der Waals surface area contributed by atoms with Crippen molar-refractivity contribution in [2.75, 3.05) is 12.1 Å². The summed E-state index contributed by atoms with van der Waals surface area (Å²) in [6, 6.07) is 0. The minimum absolute atomic E-state index is 0.160. The summed E-state index contributed by atoms with van der Waals surface area (Å²) in [4.78, 5) is 18.3. The summed E-state index contributed by atoms with van der Waals surface area (Å²) in [5.41, 5.74) is 3.76. The summed E-state index contributed by atoms with van der Waals surface area (Å²) in [5, 5.41) is 29.3. The highest BCUT2D eigenvalue weighted by molar-refractivity contribution is 5.82. The molecule has 0 unspecified atom stereocenters. The molecule has 2 aromatic rings. The standard InChI is InChI=1S/C15H21N5O5/c21-5-9-11(22)12(23)15(24-9)20-7-18-10-13(16-6-17-14(10)20)19-25-8-3-1-2-4-8/h6-9,11-12,15,21-23H,1-5H2,(H,16,17,19)/t9-,11-,12-,15-/m1/s1. The highest BCUT2D eigenvalue weighted by atomic mass is 16.7. The molecule has 0 radical (unpaired) electrons. The molecule has 10 heteroatoms. The maximum absolute atomic E-state index is 10.2. The highest BCUT2D eigenvalue weighted by Crippen LogP contribution is 2.32.